The molecule has 0 unspecified atom stereocenters. The molecular formula is C22H22O2. The van der Waals surface area contributed by atoms with Gasteiger partial charge in [-0.15, -0.1) is 0 Å². The zero-order valence-corrected chi connectivity index (χ0v) is 14.6. The Morgan fingerprint density at radius 1 is 0.542 bits per heavy atom. The van der Waals surface area contributed by atoms with Crippen LogP contribution < -0.4 is 9.47 Å². The minimum absolute atomic E-state index is 0.740. The molecule has 0 radical (unpaired) electrons. The van der Waals surface area contributed by atoms with E-state index in [1.807, 2.05) is 0 Å². The van der Waals surface area contributed by atoms with Crippen molar-refractivity contribution in [2.24, 2.45) is 0 Å². The van der Waals surface area contributed by atoms with Gasteiger partial charge in [-0.1, -0.05) is 59.7 Å². The molecule has 0 atom stereocenters. The lowest BCUT2D eigenvalue weighted by molar-refractivity contribution is 0.355. The molecule has 0 N–H and O–H groups in total. The summed E-state index contributed by atoms with van der Waals surface area (Å²) in [5.74, 6) is 1.48. The number of methoxy groups -OCH3 is 2. The van der Waals surface area contributed by atoms with Crippen molar-refractivity contribution in [1.29, 1.82) is 0 Å². The average molecular weight is 318 g/mol. The normalized spacial score (nSPS) is 10.5. The lowest BCUT2D eigenvalue weighted by Gasteiger charge is -2.16. The first kappa shape index (κ1) is 16.1. The van der Waals surface area contributed by atoms with Gasteiger partial charge in [-0.25, -0.2) is 0 Å². The van der Waals surface area contributed by atoms with Crippen molar-refractivity contribution in [3.05, 3.63) is 71.8 Å². The van der Waals surface area contributed by atoms with Crippen LogP contribution in [0.4, 0.5) is 0 Å². The molecule has 0 saturated carbocycles. The van der Waals surface area contributed by atoms with Crippen LogP contribution in [-0.2, 0) is 0 Å². The Bertz CT molecular complexity index is 759. The first-order chi connectivity index (χ1) is 11.6. The van der Waals surface area contributed by atoms with Crippen molar-refractivity contribution < 1.29 is 9.47 Å². The van der Waals surface area contributed by atoms with Gasteiger partial charge in [-0.05, 0) is 48.2 Å². The fourth-order valence-electron chi connectivity index (χ4n) is 2.82. The molecule has 0 aliphatic rings. The highest BCUT2D eigenvalue weighted by molar-refractivity contribution is 5.86. The van der Waals surface area contributed by atoms with E-state index in [0.29, 0.717) is 0 Å². The Kier molecular flexibility index (Phi) is 4.57. The fraction of sp³-hybridized carbons (Fsp3) is 0.182. The van der Waals surface area contributed by atoms with Gasteiger partial charge in [0.05, 0.1) is 14.2 Å². The number of hydrogen-bond acceptors (Lipinski definition) is 2. The summed E-state index contributed by atoms with van der Waals surface area (Å²) in [6, 6.07) is 21.2. The number of benzene rings is 3. The van der Waals surface area contributed by atoms with Gasteiger partial charge in [0.2, 0.25) is 0 Å². The molecule has 0 aliphatic carbocycles. The van der Waals surface area contributed by atoms with E-state index in [1.165, 1.54) is 11.1 Å². The quantitative estimate of drug-likeness (QED) is 0.618. The maximum Gasteiger partial charge on any atom is 0.161 e. The molecule has 0 spiro atoms. The average Bonchev–Trinajstić information content (AvgIpc) is 2.62. The summed E-state index contributed by atoms with van der Waals surface area (Å²) in [5.41, 5.74) is 7.09. The van der Waals surface area contributed by atoms with E-state index in [4.69, 9.17) is 9.47 Å². The molecule has 2 heteroatoms. The van der Waals surface area contributed by atoms with Crippen LogP contribution in [0.1, 0.15) is 11.1 Å². The SMILES string of the molecule is COc1cc(-c2ccc(C)cc2)c(-c2ccc(C)cc2)cc1OC. The third-order valence-corrected chi connectivity index (χ3v) is 4.25. The van der Waals surface area contributed by atoms with Crippen LogP contribution in [0, 0.1) is 13.8 Å². The van der Waals surface area contributed by atoms with E-state index < -0.39 is 0 Å². The first-order valence-corrected chi connectivity index (χ1v) is 8.02. The summed E-state index contributed by atoms with van der Waals surface area (Å²) in [7, 11) is 3.34. The molecule has 2 nitrogen and oxygen atoms in total. The predicted molar refractivity (Wildman–Crippen MR) is 99.9 cm³/mol. The number of hydrogen-bond donors (Lipinski definition) is 0. The van der Waals surface area contributed by atoms with E-state index in [0.717, 1.165) is 33.8 Å². The maximum absolute atomic E-state index is 5.51. The number of aryl methyl sites for hydroxylation is 2. The van der Waals surface area contributed by atoms with Gasteiger partial charge in [-0.2, -0.15) is 0 Å². The van der Waals surface area contributed by atoms with Gasteiger partial charge in [0.1, 0.15) is 0 Å². The second-order valence-electron chi connectivity index (χ2n) is 5.98. The van der Waals surface area contributed by atoms with E-state index in [-0.39, 0.29) is 0 Å². The molecule has 0 heterocycles. The van der Waals surface area contributed by atoms with Crippen LogP contribution in [-0.4, -0.2) is 14.2 Å². The minimum Gasteiger partial charge on any atom is -0.493 e. The van der Waals surface area contributed by atoms with Crippen LogP contribution in [0.15, 0.2) is 60.7 Å². The molecule has 0 bridgehead atoms. The Balaban J connectivity index is 2.24. The van der Waals surface area contributed by atoms with E-state index in [9.17, 15) is 0 Å². The second-order valence-corrected chi connectivity index (χ2v) is 5.98. The summed E-state index contributed by atoms with van der Waals surface area (Å²) in [6.45, 7) is 4.19. The minimum atomic E-state index is 0.740. The molecule has 0 aromatic heterocycles. The third kappa shape index (κ3) is 3.13. The Hall–Kier alpha value is -2.74. The van der Waals surface area contributed by atoms with Crippen LogP contribution in [0.25, 0.3) is 22.3 Å². The zero-order chi connectivity index (χ0) is 17.1. The van der Waals surface area contributed by atoms with Gasteiger partial charge in [0.25, 0.3) is 0 Å². The summed E-state index contributed by atoms with van der Waals surface area (Å²) >= 11 is 0. The molecule has 0 aliphatic heterocycles. The molecule has 24 heavy (non-hydrogen) atoms. The molecule has 0 amide bonds. The molecule has 3 rings (SSSR count). The Labute approximate surface area is 143 Å². The third-order valence-electron chi connectivity index (χ3n) is 4.25. The van der Waals surface area contributed by atoms with Crippen LogP contribution >= 0.6 is 0 Å². The second kappa shape index (κ2) is 6.79. The monoisotopic (exact) mass is 318 g/mol. The molecule has 0 fully saturated rings. The lowest BCUT2D eigenvalue weighted by atomic mass is 9.93. The molecule has 3 aromatic carbocycles. The summed E-state index contributed by atoms with van der Waals surface area (Å²) in [4.78, 5) is 0. The topological polar surface area (TPSA) is 18.5 Å². The maximum atomic E-state index is 5.51. The van der Waals surface area contributed by atoms with Crippen molar-refractivity contribution in [2.75, 3.05) is 14.2 Å². The Morgan fingerprint density at radius 3 is 1.17 bits per heavy atom. The van der Waals surface area contributed by atoms with Gasteiger partial charge >= 0.3 is 0 Å². The predicted octanol–water partition coefficient (Wildman–Crippen LogP) is 5.65. The van der Waals surface area contributed by atoms with Gasteiger partial charge in [0, 0.05) is 0 Å². The molecular weight excluding hydrogens is 296 g/mol. The van der Waals surface area contributed by atoms with Gasteiger partial charge < -0.3 is 9.47 Å². The number of rotatable bonds is 4. The summed E-state index contributed by atoms with van der Waals surface area (Å²) in [6.07, 6.45) is 0. The Morgan fingerprint density at radius 2 is 0.875 bits per heavy atom. The largest absolute Gasteiger partial charge is 0.493 e. The summed E-state index contributed by atoms with van der Waals surface area (Å²) in [5, 5.41) is 0. The van der Waals surface area contributed by atoms with Gasteiger partial charge in [-0.3, -0.25) is 0 Å². The zero-order valence-electron chi connectivity index (χ0n) is 14.6. The van der Waals surface area contributed by atoms with Crippen molar-refractivity contribution >= 4 is 0 Å². The highest BCUT2D eigenvalue weighted by atomic mass is 16.5. The smallest absolute Gasteiger partial charge is 0.161 e. The highest BCUT2D eigenvalue weighted by Crippen LogP contribution is 2.40. The standard InChI is InChI=1S/C22H22O2/c1-15-5-9-17(10-6-15)19-13-21(23-3)22(24-4)14-20(19)18-11-7-16(2)8-12-18/h5-14H,1-4H3. The van der Waals surface area contributed by atoms with Gasteiger partial charge in [0.15, 0.2) is 11.5 Å². The molecule has 0 saturated heterocycles. The van der Waals surface area contributed by atoms with E-state index in [1.54, 1.807) is 14.2 Å². The van der Waals surface area contributed by atoms with Crippen LogP contribution in [0.3, 0.4) is 0 Å². The number of ether oxygens (including phenoxy) is 2. The fourth-order valence-corrected chi connectivity index (χ4v) is 2.82. The highest BCUT2D eigenvalue weighted by Gasteiger charge is 2.14. The van der Waals surface area contributed by atoms with Crippen molar-refractivity contribution in [1.82, 2.24) is 0 Å². The van der Waals surface area contributed by atoms with Crippen LogP contribution in [0.2, 0.25) is 0 Å². The summed E-state index contributed by atoms with van der Waals surface area (Å²) < 4.78 is 11.0. The van der Waals surface area contributed by atoms with Crippen molar-refractivity contribution in [3.63, 3.8) is 0 Å². The van der Waals surface area contributed by atoms with E-state index in [2.05, 4.69) is 74.5 Å². The van der Waals surface area contributed by atoms with Crippen molar-refractivity contribution in [3.8, 4) is 33.8 Å². The first-order valence-electron chi connectivity index (χ1n) is 8.02. The van der Waals surface area contributed by atoms with Crippen molar-refractivity contribution in [2.45, 2.75) is 13.8 Å². The van der Waals surface area contributed by atoms with Crippen LogP contribution in [0.5, 0.6) is 11.5 Å². The molecule has 3 aromatic rings. The lowest BCUT2D eigenvalue weighted by Crippen LogP contribution is -1.94. The van der Waals surface area contributed by atoms with E-state index >= 15 is 0 Å². The molecule has 122 valence electrons.